The number of carbonyl (C=O) groups is 1. The van der Waals surface area contributed by atoms with Gasteiger partial charge in [0.05, 0.1) is 26.5 Å². The number of nitrogens with zero attached hydrogens (tertiary/aromatic N) is 1. The van der Waals surface area contributed by atoms with E-state index in [4.69, 9.17) is 26.8 Å². The maximum absolute atomic E-state index is 9.82. The fourth-order valence-corrected chi connectivity index (χ4v) is 4.33. The first kappa shape index (κ1) is 23.5. The molecule has 0 atom stereocenters. The van der Waals surface area contributed by atoms with E-state index in [9.17, 15) is 4.79 Å². The molecule has 0 unspecified atom stereocenters. The third-order valence-corrected chi connectivity index (χ3v) is 5.71. The lowest BCUT2D eigenvalue weighted by Gasteiger charge is -2.23. The minimum Gasteiger partial charge on any atom is -0.493 e. The van der Waals surface area contributed by atoms with Crippen LogP contribution in [0.4, 0.5) is 5.82 Å². The van der Waals surface area contributed by atoms with E-state index in [1.165, 1.54) is 12.5 Å². The summed E-state index contributed by atoms with van der Waals surface area (Å²) in [5.41, 5.74) is 13.3. The minimum absolute atomic E-state index is 0.211. The van der Waals surface area contributed by atoms with Gasteiger partial charge in [-0.25, -0.2) is 0 Å². The molecule has 0 bridgehead atoms. The van der Waals surface area contributed by atoms with Crippen LogP contribution in [0.3, 0.4) is 0 Å². The highest BCUT2D eigenvalue weighted by atomic mass is 35.5. The quantitative estimate of drug-likeness (QED) is 0.524. The molecule has 1 aliphatic heterocycles. The number of hydrogen-bond donors (Lipinski definition) is 1. The lowest BCUT2D eigenvalue weighted by Crippen LogP contribution is -2.13. The number of halogens is 1. The first-order valence-corrected chi connectivity index (χ1v) is 10.8. The monoisotopic (exact) mass is 456 g/mol. The summed E-state index contributed by atoms with van der Waals surface area (Å²) in [5.74, 6) is 2.05. The van der Waals surface area contributed by atoms with E-state index < -0.39 is 0 Å². The Morgan fingerprint density at radius 3 is 2.41 bits per heavy atom. The van der Waals surface area contributed by atoms with Crippen molar-refractivity contribution in [2.24, 2.45) is 0 Å². The summed E-state index contributed by atoms with van der Waals surface area (Å²) >= 11 is 6.20. The summed E-state index contributed by atoms with van der Waals surface area (Å²) in [5, 5.41) is 0.706. The topological polar surface area (TPSA) is 75.7 Å². The molecule has 3 aromatic rings. The molecule has 1 aliphatic rings. The van der Waals surface area contributed by atoms with Gasteiger partial charge in [0, 0.05) is 29.6 Å². The number of methoxy groups -OCH3 is 2. The lowest BCUT2D eigenvalue weighted by atomic mass is 9.94. The Hall–Kier alpha value is -3.12. The third-order valence-electron chi connectivity index (χ3n) is 5.48. The summed E-state index contributed by atoms with van der Waals surface area (Å²) in [6, 6.07) is 12.0. The van der Waals surface area contributed by atoms with Gasteiger partial charge in [0.2, 0.25) is 0 Å². The molecule has 6 nitrogen and oxygen atoms in total. The fourth-order valence-electron chi connectivity index (χ4n) is 4.14. The Kier molecular flexibility index (Phi) is 7.36. The molecule has 7 heteroatoms. The van der Waals surface area contributed by atoms with Crippen molar-refractivity contribution < 1.29 is 19.0 Å². The van der Waals surface area contributed by atoms with Crippen molar-refractivity contribution >= 4 is 23.4 Å². The van der Waals surface area contributed by atoms with Crippen molar-refractivity contribution in [1.29, 1.82) is 0 Å². The largest absolute Gasteiger partial charge is 0.493 e. The van der Waals surface area contributed by atoms with Crippen LogP contribution in [0, 0.1) is 6.92 Å². The summed E-state index contributed by atoms with van der Waals surface area (Å²) < 4.78 is 17.6. The van der Waals surface area contributed by atoms with Gasteiger partial charge in [-0.3, -0.25) is 4.79 Å². The van der Waals surface area contributed by atoms with Crippen LogP contribution in [-0.4, -0.2) is 31.4 Å². The molecule has 2 aromatic carbocycles. The van der Waals surface area contributed by atoms with Crippen LogP contribution in [0.25, 0.3) is 22.4 Å². The summed E-state index contributed by atoms with van der Waals surface area (Å²) in [7, 11) is 3.32. The molecule has 2 heterocycles. The zero-order valence-electron chi connectivity index (χ0n) is 19.1. The van der Waals surface area contributed by atoms with Gasteiger partial charge in [-0.15, -0.1) is 0 Å². The maximum Gasteiger partial charge on any atom is 0.302 e. The number of rotatable bonds is 4. The van der Waals surface area contributed by atoms with Crippen LogP contribution >= 0.6 is 11.6 Å². The maximum atomic E-state index is 9.82. The fraction of sp³-hybridized carbons (Fsp3) is 0.320. The Labute approximate surface area is 193 Å². The average molecular weight is 457 g/mol. The molecule has 0 amide bonds. The predicted molar refractivity (Wildman–Crippen MR) is 129 cm³/mol. The van der Waals surface area contributed by atoms with E-state index in [1.807, 2.05) is 30.3 Å². The number of esters is 1. The van der Waals surface area contributed by atoms with Gasteiger partial charge in [-0.2, -0.15) is 0 Å². The molecular formula is C25H29ClN2O4. The van der Waals surface area contributed by atoms with E-state index in [0.717, 1.165) is 58.2 Å². The van der Waals surface area contributed by atoms with Crippen molar-refractivity contribution in [3.63, 3.8) is 0 Å². The first-order chi connectivity index (χ1) is 15.3. The average Bonchev–Trinajstić information content (AvgIpc) is 3.03. The Morgan fingerprint density at radius 1 is 1.16 bits per heavy atom. The van der Waals surface area contributed by atoms with E-state index in [0.29, 0.717) is 11.6 Å². The number of nitrogen functional groups attached to an aromatic ring is 1. The highest BCUT2D eigenvalue weighted by Crippen LogP contribution is 2.46. The zero-order valence-corrected chi connectivity index (χ0v) is 19.9. The van der Waals surface area contributed by atoms with Gasteiger partial charge in [0.15, 0.2) is 11.5 Å². The highest BCUT2D eigenvalue weighted by Gasteiger charge is 2.27. The van der Waals surface area contributed by atoms with Crippen LogP contribution in [0.15, 0.2) is 36.4 Å². The molecule has 0 fully saturated rings. The van der Waals surface area contributed by atoms with Crippen LogP contribution in [-0.2, 0) is 22.5 Å². The van der Waals surface area contributed by atoms with Crippen molar-refractivity contribution in [3.8, 4) is 33.9 Å². The number of carbonyl (C=O) groups excluding carboxylic acids is 1. The third kappa shape index (κ3) is 4.55. The van der Waals surface area contributed by atoms with E-state index >= 15 is 0 Å². The second kappa shape index (κ2) is 10.0. The van der Waals surface area contributed by atoms with Crippen molar-refractivity contribution in [3.05, 3.63) is 52.5 Å². The van der Waals surface area contributed by atoms with Gasteiger partial charge >= 0.3 is 5.97 Å². The zero-order chi connectivity index (χ0) is 23.4. The van der Waals surface area contributed by atoms with Crippen molar-refractivity contribution in [2.75, 3.05) is 26.6 Å². The molecule has 170 valence electrons. The molecular weight excluding hydrogens is 428 g/mol. The lowest BCUT2D eigenvalue weighted by molar-refractivity contribution is -0.140. The van der Waals surface area contributed by atoms with E-state index in [-0.39, 0.29) is 5.97 Å². The number of anilines is 1. The number of ether oxygens (including phenoxy) is 3. The van der Waals surface area contributed by atoms with Gasteiger partial charge in [0.1, 0.15) is 5.82 Å². The number of hydrogen-bond acceptors (Lipinski definition) is 5. The molecule has 0 radical (unpaired) electrons. The standard InChI is InChI=1S/C21H21ClN2O2.C4H8O2/c1-12-19(14-5-4-6-15(22)9-14)21(23)24-8-7-13-10-17(25-2)18(26-3)11-16(13)20(12)24;1-3-6-4(2)5/h4-6,9-11H,7-8,23H2,1-3H3;3H2,1-2H3. The van der Waals surface area contributed by atoms with Crippen molar-refractivity contribution in [1.82, 2.24) is 4.57 Å². The van der Waals surface area contributed by atoms with Crippen LogP contribution < -0.4 is 15.2 Å². The molecule has 0 aliphatic carbocycles. The highest BCUT2D eigenvalue weighted by molar-refractivity contribution is 6.30. The summed E-state index contributed by atoms with van der Waals surface area (Å²) in [6.07, 6.45) is 0.899. The van der Waals surface area contributed by atoms with Crippen LogP contribution in [0.2, 0.25) is 5.02 Å². The SMILES string of the molecule is CCOC(C)=O.COc1cc2c(cc1OC)-c1c(C)c(-c3cccc(Cl)c3)c(N)n1CC2. The van der Waals surface area contributed by atoms with E-state index in [1.54, 1.807) is 21.1 Å². The molecule has 1 aromatic heterocycles. The smallest absolute Gasteiger partial charge is 0.302 e. The second-order valence-electron chi connectivity index (χ2n) is 7.43. The van der Waals surface area contributed by atoms with Gasteiger partial charge in [0.25, 0.3) is 0 Å². The number of benzene rings is 2. The van der Waals surface area contributed by atoms with Crippen LogP contribution in [0.5, 0.6) is 11.5 Å². The van der Waals surface area contributed by atoms with Crippen molar-refractivity contribution in [2.45, 2.75) is 33.7 Å². The first-order valence-electron chi connectivity index (χ1n) is 10.4. The Morgan fingerprint density at radius 2 is 1.84 bits per heavy atom. The molecule has 32 heavy (non-hydrogen) atoms. The minimum atomic E-state index is -0.211. The Balaban J connectivity index is 0.000000427. The molecule has 0 saturated carbocycles. The molecule has 0 saturated heterocycles. The summed E-state index contributed by atoms with van der Waals surface area (Å²) in [4.78, 5) is 9.82. The number of aromatic nitrogens is 1. The number of fused-ring (bicyclic) bond motifs is 3. The molecule has 0 spiro atoms. The van der Waals surface area contributed by atoms with E-state index in [2.05, 4.69) is 22.3 Å². The van der Waals surface area contributed by atoms with Gasteiger partial charge in [-0.05, 0) is 61.2 Å². The number of nitrogens with two attached hydrogens (primary N) is 1. The van der Waals surface area contributed by atoms with Gasteiger partial charge < -0.3 is 24.5 Å². The molecule has 4 rings (SSSR count). The predicted octanol–water partition coefficient (Wildman–Crippen LogP) is 5.51. The number of aryl methyl sites for hydroxylation is 1. The molecule has 2 N–H and O–H groups in total. The Bertz CT molecular complexity index is 1140. The summed E-state index contributed by atoms with van der Waals surface area (Å²) in [6.45, 7) is 6.61. The normalized spacial score (nSPS) is 11.6. The van der Waals surface area contributed by atoms with Gasteiger partial charge in [-0.1, -0.05) is 23.7 Å². The second-order valence-corrected chi connectivity index (χ2v) is 7.87. The van der Waals surface area contributed by atoms with Crippen LogP contribution in [0.1, 0.15) is 25.0 Å².